The van der Waals surface area contributed by atoms with E-state index in [-0.39, 0.29) is 11.9 Å². The van der Waals surface area contributed by atoms with Gasteiger partial charge in [-0.3, -0.25) is 9.69 Å². The maximum atomic E-state index is 11.8. The van der Waals surface area contributed by atoms with Crippen LogP contribution in [0.25, 0.3) is 0 Å². The van der Waals surface area contributed by atoms with Crippen molar-refractivity contribution in [1.29, 1.82) is 0 Å². The van der Waals surface area contributed by atoms with Gasteiger partial charge in [0.25, 0.3) is 0 Å². The van der Waals surface area contributed by atoms with E-state index in [4.69, 9.17) is 5.73 Å². The molecule has 1 fully saturated rings. The van der Waals surface area contributed by atoms with Crippen molar-refractivity contribution in [2.75, 3.05) is 19.6 Å². The molecule has 14 heavy (non-hydrogen) atoms. The van der Waals surface area contributed by atoms with Crippen molar-refractivity contribution in [1.82, 2.24) is 10.2 Å². The lowest BCUT2D eigenvalue weighted by Gasteiger charge is -2.26. The number of carbonyl (C=O) groups excluding carboxylic acids is 1. The van der Waals surface area contributed by atoms with Gasteiger partial charge in [-0.1, -0.05) is 6.92 Å². The highest BCUT2D eigenvalue weighted by Crippen LogP contribution is 2.10. The van der Waals surface area contributed by atoms with Crippen molar-refractivity contribution in [3.63, 3.8) is 0 Å². The molecule has 2 atom stereocenters. The third kappa shape index (κ3) is 2.69. The summed E-state index contributed by atoms with van der Waals surface area (Å²) in [5.41, 5.74) is 5.52. The van der Waals surface area contributed by atoms with Crippen LogP contribution in [0.1, 0.15) is 26.7 Å². The number of nitrogens with one attached hydrogen (secondary N) is 1. The number of carbonyl (C=O) groups is 1. The van der Waals surface area contributed by atoms with Gasteiger partial charge in [0.2, 0.25) is 5.91 Å². The minimum absolute atomic E-state index is 0.0186. The molecule has 0 aromatic carbocycles. The minimum atomic E-state index is -0.0186. The topological polar surface area (TPSA) is 58.4 Å². The molecule has 4 heteroatoms. The molecule has 1 heterocycles. The molecule has 0 aromatic heterocycles. The minimum Gasteiger partial charge on any atom is -0.352 e. The largest absolute Gasteiger partial charge is 0.352 e. The molecule has 1 aliphatic heterocycles. The van der Waals surface area contributed by atoms with E-state index in [0.29, 0.717) is 12.6 Å². The maximum Gasteiger partial charge on any atom is 0.237 e. The SMILES string of the molecule is CCN1CCC(C)NC(=O)C1CCN. The molecule has 1 saturated heterocycles. The predicted molar refractivity (Wildman–Crippen MR) is 56.9 cm³/mol. The summed E-state index contributed by atoms with van der Waals surface area (Å²) in [4.78, 5) is 14.0. The predicted octanol–water partition coefficient (Wildman–Crippen LogP) is -0.0659. The van der Waals surface area contributed by atoms with Gasteiger partial charge in [0.05, 0.1) is 6.04 Å². The van der Waals surface area contributed by atoms with Crippen LogP contribution in [0, 0.1) is 0 Å². The molecule has 0 aromatic rings. The molecule has 82 valence electrons. The first-order valence-electron chi connectivity index (χ1n) is 5.43. The molecule has 0 radical (unpaired) electrons. The van der Waals surface area contributed by atoms with E-state index < -0.39 is 0 Å². The summed E-state index contributed by atoms with van der Waals surface area (Å²) in [5, 5.41) is 3.00. The van der Waals surface area contributed by atoms with Crippen LogP contribution < -0.4 is 11.1 Å². The Kier molecular flexibility index (Phi) is 4.35. The fourth-order valence-corrected chi connectivity index (χ4v) is 1.94. The van der Waals surface area contributed by atoms with Gasteiger partial charge in [0.15, 0.2) is 0 Å². The van der Waals surface area contributed by atoms with Crippen LogP contribution >= 0.6 is 0 Å². The first-order chi connectivity index (χ1) is 6.69. The normalized spacial score (nSPS) is 29.8. The van der Waals surface area contributed by atoms with Crippen LogP contribution in [0.3, 0.4) is 0 Å². The molecule has 1 amide bonds. The van der Waals surface area contributed by atoms with Crippen molar-refractivity contribution in [2.24, 2.45) is 5.73 Å². The first-order valence-corrected chi connectivity index (χ1v) is 5.43. The zero-order valence-corrected chi connectivity index (χ0v) is 9.12. The van der Waals surface area contributed by atoms with Gasteiger partial charge in [-0.25, -0.2) is 0 Å². The van der Waals surface area contributed by atoms with Gasteiger partial charge in [0.1, 0.15) is 0 Å². The van der Waals surface area contributed by atoms with Gasteiger partial charge < -0.3 is 11.1 Å². The molecule has 0 aliphatic carbocycles. The zero-order valence-electron chi connectivity index (χ0n) is 9.12. The van der Waals surface area contributed by atoms with E-state index in [1.54, 1.807) is 0 Å². The van der Waals surface area contributed by atoms with E-state index in [1.807, 2.05) is 0 Å². The Labute approximate surface area is 85.8 Å². The summed E-state index contributed by atoms with van der Waals surface area (Å²) in [7, 11) is 0. The average Bonchev–Trinajstić information content (AvgIpc) is 2.28. The third-order valence-corrected chi connectivity index (χ3v) is 2.83. The van der Waals surface area contributed by atoms with Gasteiger partial charge in [-0.15, -0.1) is 0 Å². The van der Waals surface area contributed by atoms with Crippen LogP contribution in [-0.2, 0) is 4.79 Å². The Hall–Kier alpha value is -0.610. The summed E-state index contributed by atoms with van der Waals surface area (Å²) < 4.78 is 0. The Morgan fingerprint density at radius 1 is 1.64 bits per heavy atom. The van der Waals surface area contributed by atoms with Crippen molar-refractivity contribution < 1.29 is 4.79 Å². The van der Waals surface area contributed by atoms with Crippen LogP contribution in [0.2, 0.25) is 0 Å². The van der Waals surface area contributed by atoms with E-state index in [1.165, 1.54) is 0 Å². The van der Waals surface area contributed by atoms with Crippen molar-refractivity contribution >= 4 is 5.91 Å². The summed E-state index contributed by atoms with van der Waals surface area (Å²) in [6.45, 7) is 6.62. The highest BCUT2D eigenvalue weighted by Gasteiger charge is 2.28. The van der Waals surface area contributed by atoms with Crippen molar-refractivity contribution in [3.8, 4) is 0 Å². The number of nitrogens with two attached hydrogens (primary N) is 1. The molecule has 1 rings (SSSR count). The molecule has 2 unspecified atom stereocenters. The number of rotatable bonds is 3. The van der Waals surface area contributed by atoms with Gasteiger partial charge in [-0.2, -0.15) is 0 Å². The van der Waals surface area contributed by atoms with Gasteiger partial charge in [0, 0.05) is 12.6 Å². The molecule has 0 bridgehead atoms. The standard InChI is InChI=1S/C10H21N3O/c1-3-13-7-5-8(2)12-10(14)9(13)4-6-11/h8-9H,3-7,11H2,1-2H3,(H,12,14). The number of hydrogen-bond donors (Lipinski definition) is 2. The van der Waals surface area contributed by atoms with Crippen molar-refractivity contribution in [2.45, 2.75) is 38.8 Å². The van der Waals surface area contributed by atoms with E-state index in [2.05, 4.69) is 24.1 Å². The van der Waals surface area contributed by atoms with Crippen molar-refractivity contribution in [3.05, 3.63) is 0 Å². The lowest BCUT2D eigenvalue weighted by Crippen LogP contribution is -2.46. The molecule has 3 N–H and O–H groups in total. The fraction of sp³-hybridized carbons (Fsp3) is 0.900. The molecular formula is C10H21N3O. The third-order valence-electron chi connectivity index (χ3n) is 2.83. The number of likely N-dealkylation sites (N-methyl/N-ethyl adjacent to an activating group) is 1. The second-order valence-corrected chi connectivity index (χ2v) is 3.92. The number of hydrogen-bond acceptors (Lipinski definition) is 3. The summed E-state index contributed by atoms with van der Waals surface area (Å²) in [5.74, 6) is 0.141. The second-order valence-electron chi connectivity index (χ2n) is 3.92. The Morgan fingerprint density at radius 3 is 2.93 bits per heavy atom. The highest BCUT2D eigenvalue weighted by molar-refractivity contribution is 5.82. The van der Waals surface area contributed by atoms with Crippen LogP contribution in [0.5, 0.6) is 0 Å². The fourth-order valence-electron chi connectivity index (χ4n) is 1.94. The highest BCUT2D eigenvalue weighted by atomic mass is 16.2. The quantitative estimate of drug-likeness (QED) is 0.669. The molecule has 1 aliphatic rings. The van der Waals surface area contributed by atoms with E-state index in [9.17, 15) is 4.79 Å². The lowest BCUT2D eigenvalue weighted by molar-refractivity contribution is -0.126. The summed E-state index contributed by atoms with van der Waals surface area (Å²) in [6, 6.07) is 0.272. The Balaban J connectivity index is 2.67. The maximum absolute atomic E-state index is 11.8. The molecule has 0 spiro atoms. The Bertz CT molecular complexity index is 196. The number of amides is 1. The van der Waals surface area contributed by atoms with E-state index >= 15 is 0 Å². The Morgan fingerprint density at radius 2 is 2.36 bits per heavy atom. The molecule has 4 nitrogen and oxygen atoms in total. The molecule has 0 saturated carbocycles. The van der Waals surface area contributed by atoms with Crippen LogP contribution in [-0.4, -0.2) is 42.5 Å². The smallest absolute Gasteiger partial charge is 0.237 e. The lowest BCUT2D eigenvalue weighted by atomic mass is 10.1. The molecular weight excluding hydrogens is 178 g/mol. The zero-order chi connectivity index (χ0) is 10.6. The summed E-state index contributed by atoms with van der Waals surface area (Å²) in [6.07, 6.45) is 1.78. The summed E-state index contributed by atoms with van der Waals surface area (Å²) >= 11 is 0. The second kappa shape index (κ2) is 5.32. The monoisotopic (exact) mass is 199 g/mol. The first kappa shape index (κ1) is 11.5. The van der Waals surface area contributed by atoms with Crippen LogP contribution in [0.4, 0.5) is 0 Å². The number of nitrogens with zero attached hydrogens (tertiary/aromatic N) is 1. The van der Waals surface area contributed by atoms with Gasteiger partial charge >= 0.3 is 0 Å². The van der Waals surface area contributed by atoms with E-state index in [0.717, 1.165) is 25.9 Å². The average molecular weight is 199 g/mol. The van der Waals surface area contributed by atoms with Crippen LogP contribution in [0.15, 0.2) is 0 Å². The van der Waals surface area contributed by atoms with Gasteiger partial charge in [-0.05, 0) is 32.9 Å².